The van der Waals surface area contributed by atoms with Gasteiger partial charge in [0.1, 0.15) is 11.3 Å². The first-order chi connectivity index (χ1) is 14.1. The van der Waals surface area contributed by atoms with Gasteiger partial charge in [-0.1, -0.05) is 37.5 Å². The van der Waals surface area contributed by atoms with E-state index in [0.717, 1.165) is 19.3 Å². The molecule has 0 atom stereocenters. The van der Waals surface area contributed by atoms with Gasteiger partial charge < -0.3 is 24.8 Å². The normalized spacial score (nSPS) is 15.1. The van der Waals surface area contributed by atoms with Crippen LogP contribution in [0.4, 0.5) is 10.5 Å². The van der Waals surface area contributed by atoms with Gasteiger partial charge in [-0.2, -0.15) is 0 Å². The van der Waals surface area contributed by atoms with Gasteiger partial charge in [-0.15, -0.1) is 0 Å². The molecule has 3 rings (SSSR count). The van der Waals surface area contributed by atoms with Crippen LogP contribution in [0.1, 0.15) is 32.1 Å². The van der Waals surface area contributed by atoms with Gasteiger partial charge in [0.05, 0.1) is 14.2 Å². The van der Waals surface area contributed by atoms with Crippen molar-refractivity contribution < 1.29 is 23.8 Å². The summed E-state index contributed by atoms with van der Waals surface area (Å²) in [4.78, 5) is 25.7. The lowest BCUT2D eigenvalue weighted by atomic mass is 9.81. The van der Waals surface area contributed by atoms with E-state index in [1.54, 1.807) is 49.6 Å². The molecule has 1 aliphatic carbocycles. The van der Waals surface area contributed by atoms with Crippen molar-refractivity contribution in [3.05, 3.63) is 48.5 Å². The SMILES string of the molecule is COc1ccc(NC(=O)C2(NC(=O)Oc3ccccc3)CCCCC2)cc1OC. The van der Waals surface area contributed by atoms with Crippen molar-refractivity contribution in [2.75, 3.05) is 19.5 Å². The van der Waals surface area contributed by atoms with Gasteiger partial charge in [-0.05, 0) is 37.1 Å². The quantitative estimate of drug-likeness (QED) is 0.764. The summed E-state index contributed by atoms with van der Waals surface area (Å²) >= 11 is 0. The Morgan fingerprint density at radius 2 is 1.59 bits per heavy atom. The third-order valence-electron chi connectivity index (χ3n) is 5.08. The Kier molecular flexibility index (Phi) is 6.59. The number of carbonyl (C=O) groups excluding carboxylic acids is 2. The fourth-order valence-corrected chi connectivity index (χ4v) is 3.55. The number of benzene rings is 2. The van der Waals surface area contributed by atoms with E-state index in [-0.39, 0.29) is 5.91 Å². The number of para-hydroxylation sites is 1. The molecule has 29 heavy (non-hydrogen) atoms. The second-order valence-electron chi connectivity index (χ2n) is 6.99. The Morgan fingerprint density at radius 1 is 0.897 bits per heavy atom. The van der Waals surface area contributed by atoms with E-state index in [2.05, 4.69) is 10.6 Å². The molecule has 0 saturated heterocycles. The molecule has 0 aliphatic heterocycles. The lowest BCUT2D eigenvalue weighted by Crippen LogP contribution is -2.58. The van der Waals surface area contributed by atoms with Crippen LogP contribution in [0.25, 0.3) is 0 Å². The number of ether oxygens (including phenoxy) is 3. The van der Waals surface area contributed by atoms with Crippen molar-refractivity contribution in [2.45, 2.75) is 37.6 Å². The van der Waals surface area contributed by atoms with Crippen molar-refractivity contribution in [3.63, 3.8) is 0 Å². The Balaban J connectivity index is 1.75. The first-order valence-corrected chi connectivity index (χ1v) is 9.65. The molecule has 0 unspecified atom stereocenters. The summed E-state index contributed by atoms with van der Waals surface area (Å²) in [6, 6.07) is 13.9. The Morgan fingerprint density at radius 3 is 2.24 bits per heavy atom. The number of methoxy groups -OCH3 is 2. The van der Waals surface area contributed by atoms with Gasteiger partial charge in [0.2, 0.25) is 5.91 Å². The zero-order chi connectivity index (χ0) is 20.7. The summed E-state index contributed by atoms with van der Waals surface area (Å²) in [6.07, 6.45) is 3.20. The van der Waals surface area contributed by atoms with Crippen LogP contribution >= 0.6 is 0 Å². The minimum Gasteiger partial charge on any atom is -0.493 e. The number of nitrogens with one attached hydrogen (secondary N) is 2. The second-order valence-corrected chi connectivity index (χ2v) is 6.99. The van der Waals surface area contributed by atoms with Gasteiger partial charge in [-0.25, -0.2) is 4.79 Å². The molecule has 2 amide bonds. The van der Waals surface area contributed by atoms with Crippen LogP contribution in [0, 0.1) is 0 Å². The molecule has 0 radical (unpaired) electrons. The van der Waals surface area contributed by atoms with Crippen LogP contribution in [0.3, 0.4) is 0 Å². The molecule has 1 saturated carbocycles. The predicted molar refractivity (Wildman–Crippen MR) is 110 cm³/mol. The lowest BCUT2D eigenvalue weighted by Gasteiger charge is -2.36. The van der Waals surface area contributed by atoms with E-state index >= 15 is 0 Å². The molecule has 0 bridgehead atoms. The fourth-order valence-electron chi connectivity index (χ4n) is 3.55. The molecule has 0 spiro atoms. The van der Waals surface area contributed by atoms with E-state index in [4.69, 9.17) is 14.2 Å². The third kappa shape index (κ3) is 4.99. The molecule has 7 heteroatoms. The second kappa shape index (κ2) is 9.32. The molecule has 1 fully saturated rings. The Labute approximate surface area is 170 Å². The maximum absolute atomic E-state index is 13.2. The lowest BCUT2D eigenvalue weighted by molar-refractivity contribution is -0.123. The van der Waals surface area contributed by atoms with Gasteiger partial charge in [0.25, 0.3) is 0 Å². The summed E-state index contributed by atoms with van der Waals surface area (Å²) in [5.74, 6) is 1.24. The number of carbonyl (C=O) groups is 2. The maximum atomic E-state index is 13.2. The van der Waals surface area contributed by atoms with Gasteiger partial charge in [0, 0.05) is 11.8 Å². The molecule has 2 aromatic rings. The number of anilines is 1. The van der Waals surface area contributed by atoms with Crippen LogP contribution in [0.15, 0.2) is 48.5 Å². The first kappa shape index (κ1) is 20.5. The highest BCUT2D eigenvalue weighted by molar-refractivity contribution is 6.00. The number of hydrogen-bond donors (Lipinski definition) is 2. The molecule has 7 nitrogen and oxygen atoms in total. The smallest absolute Gasteiger partial charge is 0.413 e. The average molecular weight is 398 g/mol. The minimum absolute atomic E-state index is 0.269. The Hall–Kier alpha value is -3.22. The number of rotatable bonds is 6. The van der Waals surface area contributed by atoms with E-state index in [1.165, 1.54) is 7.11 Å². The highest BCUT2D eigenvalue weighted by atomic mass is 16.6. The van der Waals surface area contributed by atoms with Crippen molar-refractivity contribution in [3.8, 4) is 17.2 Å². The topological polar surface area (TPSA) is 85.9 Å². The van der Waals surface area contributed by atoms with Crippen molar-refractivity contribution in [1.82, 2.24) is 5.32 Å². The van der Waals surface area contributed by atoms with Crippen LogP contribution in [-0.2, 0) is 4.79 Å². The van der Waals surface area contributed by atoms with E-state index < -0.39 is 11.6 Å². The highest BCUT2D eigenvalue weighted by Gasteiger charge is 2.41. The van der Waals surface area contributed by atoms with Crippen molar-refractivity contribution in [2.24, 2.45) is 0 Å². The largest absolute Gasteiger partial charge is 0.493 e. The standard InChI is InChI=1S/C22H26N2O5/c1-27-18-12-11-16(15-19(18)28-2)23-20(25)22(13-7-4-8-14-22)24-21(26)29-17-9-5-3-6-10-17/h3,5-6,9-12,15H,4,7-8,13-14H2,1-2H3,(H,23,25)(H,24,26). The molecule has 1 aliphatic rings. The zero-order valence-electron chi connectivity index (χ0n) is 16.7. The fraction of sp³-hybridized carbons (Fsp3) is 0.364. The van der Waals surface area contributed by atoms with Crippen molar-refractivity contribution in [1.29, 1.82) is 0 Å². The summed E-state index contributed by atoms with van der Waals surface area (Å²) in [5.41, 5.74) is -0.451. The number of hydrogen-bond acceptors (Lipinski definition) is 5. The van der Waals surface area contributed by atoms with Gasteiger partial charge in [0.15, 0.2) is 11.5 Å². The first-order valence-electron chi connectivity index (χ1n) is 9.65. The minimum atomic E-state index is -1.02. The van der Waals surface area contributed by atoms with Crippen LogP contribution < -0.4 is 24.8 Å². The molecule has 2 aromatic carbocycles. The highest BCUT2D eigenvalue weighted by Crippen LogP contribution is 2.33. The maximum Gasteiger partial charge on any atom is 0.413 e. The zero-order valence-corrected chi connectivity index (χ0v) is 16.7. The predicted octanol–water partition coefficient (Wildman–Crippen LogP) is 4.13. The van der Waals surface area contributed by atoms with Crippen molar-refractivity contribution >= 4 is 17.7 Å². The molecule has 2 N–H and O–H groups in total. The van der Waals surface area contributed by atoms with E-state index in [9.17, 15) is 9.59 Å². The molecular formula is C22H26N2O5. The van der Waals surface area contributed by atoms with Crippen LogP contribution in [0.2, 0.25) is 0 Å². The molecule has 0 heterocycles. The van der Waals surface area contributed by atoms with Gasteiger partial charge >= 0.3 is 6.09 Å². The third-order valence-corrected chi connectivity index (χ3v) is 5.08. The summed E-state index contributed by atoms with van der Waals surface area (Å²) < 4.78 is 15.9. The summed E-state index contributed by atoms with van der Waals surface area (Å²) in [5, 5.41) is 5.73. The summed E-state index contributed by atoms with van der Waals surface area (Å²) in [6.45, 7) is 0. The van der Waals surface area contributed by atoms with Crippen LogP contribution in [0.5, 0.6) is 17.2 Å². The monoisotopic (exact) mass is 398 g/mol. The van der Waals surface area contributed by atoms with Gasteiger partial charge in [-0.3, -0.25) is 4.79 Å². The van der Waals surface area contributed by atoms with E-state index in [1.807, 2.05) is 6.07 Å². The Bertz CT molecular complexity index is 848. The van der Waals surface area contributed by atoms with Crippen LogP contribution in [-0.4, -0.2) is 31.8 Å². The number of amides is 2. The molecule has 154 valence electrons. The van der Waals surface area contributed by atoms with E-state index in [0.29, 0.717) is 35.8 Å². The average Bonchev–Trinajstić information content (AvgIpc) is 2.74. The summed E-state index contributed by atoms with van der Waals surface area (Å²) in [7, 11) is 3.09. The molecular weight excluding hydrogens is 372 g/mol. The molecule has 0 aromatic heterocycles.